The van der Waals surface area contributed by atoms with Crippen molar-refractivity contribution in [2.24, 2.45) is 0 Å². The minimum Gasteiger partial charge on any atom is -0.497 e. The van der Waals surface area contributed by atoms with Crippen molar-refractivity contribution in [3.63, 3.8) is 0 Å². The van der Waals surface area contributed by atoms with Crippen LogP contribution in [0.5, 0.6) is 17.2 Å². The van der Waals surface area contributed by atoms with E-state index in [1.54, 1.807) is 25.2 Å². The Balaban J connectivity index is 1.31. The molecule has 1 atom stereocenters. The summed E-state index contributed by atoms with van der Waals surface area (Å²) in [6.45, 7) is 0.549. The summed E-state index contributed by atoms with van der Waals surface area (Å²) in [7, 11) is 3.29. The molecule has 1 saturated heterocycles. The fourth-order valence-corrected chi connectivity index (χ4v) is 4.76. The van der Waals surface area contributed by atoms with E-state index >= 15 is 0 Å². The molecule has 1 aliphatic heterocycles. The first-order valence-corrected chi connectivity index (χ1v) is 12.0. The van der Waals surface area contributed by atoms with Crippen LogP contribution in [0.4, 0.5) is 17.3 Å². The van der Waals surface area contributed by atoms with Crippen molar-refractivity contribution in [2.45, 2.75) is 44.1 Å². The number of hydrogen-bond acceptors (Lipinski definition) is 7. The number of carbonyl (C=O) groups is 1. The van der Waals surface area contributed by atoms with E-state index in [2.05, 4.69) is 15.3 Å². The van der Waals surface area contributed by atoms with Gasteiger partial charge in [-0.2, -0.15) is 0 Å². The van der Waals surface area contributed by atoms with Crippen LogP contribution in [0.15, 0.2) is 54.9 Å². The maximum atomic E-state index is 13.0. The zero-order valence-corrected chi connectivity index (χ0v) is 20.1. The van der Waals surface area contributed by atoms with Crippen LogP contribution in [0.1, 0.15) is 43.6 Å². The number of rotatable bonds is 8. The van der Waals surface area contributed by atoms with Gasteiger partial charge in [-0.1, -0.05) is 6.07 Å². The third kappa shape index (κ3) is 5.16. The quantitative estimate of drug-likeness (QED) is 0.487. The van der Waals surface area contributed by atoms with Crippen LogP contribution in [-0.4, -0.2) is 42.7 Å². The van der Waals surface area contributed by atoms with E-state index in [-0.39, 0.29) is 17.9 Å². The van der Waals surface area contributed by atoms with Gasteiger partial charge in [-0.25, -0.2) is 9.97 Å². The summed E-state index contributed by atoms with van der Waals surface area (Å²) in [6, 6.07) is 15.4. The minimum absolute atomic E-state index is 0.0400. The molecule has 5 rings (SSSR count). The summed E-state index contributed by atoms with van der Waals surface area (Å²) in [5.74, 6) is 3.56. The van der Waals surface area contributed by atoms with E-state index in [0.717, 1.165) is 41.3 Å². The summed E-state index contributed by atoms with van der Waals surface area (Å²) < 4.78 is 17.0. The minimum atomic E-state index is 0.0400. The first-order chi connectivity index (χ1) is 17.1. The van der Waals surface area contributed by atoms with Gasteiger partial charge in [0, 0.05) is 30.6 Å². The van der Waals surface area contributed by atoms with Gasteiger partial charge in [0.2, 0.25) is 5.91 Å². The number of ether oxygens (including phenoxy) is 3. The molecule has 8 nitrogen and oxygen atoms in total. The predicted octanol–water partition coefficient (Wildman–Crippen LogP) is 5.08. The molecular formula is C27H30N4O4. The second-order valence-electron chi connectivity index (χ2n) is 8.95. The molecule has 8 heteroatoms. The zero-order chi connectivity index (χ0) is 24.2. The largest absolute Gasteiger partial charge is 0.497 e. The summed E-state index contributed by atoms with van der Waals surface area (Å²) >= 11 is 0. The molecule has 35 heavy (non-hydrogen) atoms. The number of nitrogens with one attached hydrogen (secondary N) is 1. The van der Waals surface area contributed by atoms with E-state index < -0.39 is 0 Å². The molecule has 1 amide bonds. The lowest BCUT2D eigenvalue weighted by Gasteiger charge is -2.19. The van der Waals surface area contributed by atoms with Crippen LogP contribution < -0.4 is 24.4 Å². The lowest BCUT2D eigenvalue weighted by Crippen LogP contribution is -2.25. The summed E-state index contributed by atoms with van der Waals surface area (Å²) in [6.07, 6.45) is 6.68. The predicted molar refractivity (Wildman–Crippen MR) is 134 cm³/mol. The molecule has 2 aromatic carbocycles. The topological polar surface area (TPSA) is 85.8 Å². The van der Waals surface area contributed by atoms with E-state index in [9.17, 15) is 4.79 Å². The van der Waals surface area contributed by atoms with Gasteiger partial charge < -0.3 is 19.5 Å². The van der Waals surface area contributed by atoms with Gasteiger partial charge in [-0.15, -0.1) is 0 Å². The lowest BCUT2D eigenvalue weighted by atomic mass is 9.98. The van der Waals surface area contributed by atoms with Crippen LogP contribution in [0.25, 0.3) is 0 Å². The van der Waals surface area contributed by atoms with Crippen molar-refractivity contribution in [2.75, 3.05) is 31.0 Å². The molecule has 1 saturated carbocycles. The number of amides is 1. The molecule has 1 aliphatic carbocycles. The number of nitrogens with zero attached hydrogens (tertiary/aromatic N) is 3. The molecule has 1 aromatic heterocycles. The van der Waals surface area contributed by atoms with E-state index in [0.29, 0.717) is 24.6 Å². The van der Waals surface area contributed by atoms with Crippen LogP contribution in [0.2, 0.25) is 0 Å². The van der Waals surface area contributed by atoms with Gasteiger partial charge in [0.25, 0.3) is 0 Å². The molecular weight excluding hydrogens is 444 g/mol. The van der Waals surface area contributed by atoms with Crippen molar-refractivity contribution in [3.05, 3.63) is 60.4 Å². The number of anilines is 3. The first kappa shape index (κ1) is 23.0. The molecule has 2 heterocycles. The normalized spacial score (nSPS) is 18.1. The van der Waals surface area contributed by atoms with Crippen molar-refractivity contribution in [3.8, 4) is 17.2 Å². The first-order valence-electron chi connectivity index (χ1n) is 12.0. The molecule has 0 radical (unpaired) electrons. The SMILES string of the molecule is COc1ccc(Nc2cc(N3CC(c4ccc(OC)c(OC5CCCC5)c4)CC3=O)ncn2)cc1. The average molecular weight is 475 g/mol. The van der Waals surface area contributed by atoms with Gasteiger partial charge >= 0.3 is 0 Å². The van der Waals surface area contributed by atoms with E-state index in [1.165, 1.54) is 19.2 Å². The van der Waals surface area contributed by atoms with E-state index in [1.807, 2.05) is 42.5 Å². The monoisotopic (exact) mass is 474 g/mol. The molecule has 1 unspecified atom stereocenters. The molecule has 3 aromatic rings. The molecule has 182 valence electrons. The highest BCUT2D eigenvalue weighted by Crippen LogP contribution is 2.38. The fraction of sp³-hybridized carbons (Fsp3) is 0.370. The van der Waals surface area contributed by atoms with Crippen LogP contribution in [0.3, 0.4) is 0 Å². The fourth-order valence-electron chi connectivity index (χ4n) is 4.76. The van der Waals surface area contributed by atoms with Gasteiger partial charge in [-0.05, 0) is 67.6 Å². The third-order valence-corrected chi connectivity index (χ3v) is 6.67. The second-order valence-corrected chi connectivity index (χ2v) is 8.95. The third-order valence-electron chi connectivity index (χ3n) is 6.67. The van der Waals surface area contributed by atoms with Crippen LogP contribution in [-0.2, 0) is 4.79 Å². The standard InChI is InChI=1S/C27H30N4O4/c1-33-21-10-8-20(9-11-21)30-25-15-26(29-17-28-25)31-16-19(14-27(31)32)18-7-12-23(34-2)24(13-18)35-22-5-3-4-6-22/h7-13,15,17,19,22H,3-6,14,16H2,1-2H3,(H,28,29,30). The second kappa shape index (κ2) is 10.2. The number of hydrogen-bond donors (Lipinski definition) is 1. The highest BCUT2D eigenvalue weighted by atomic mass is 16.5. The Morgan fingerprint density at radius 1 is 0.943 bits per heavy atom. The number of carbonyl (C=O) groups excluding carboxylic acids is 1. The molecule has 2 fully saturated rings. The van der Waals surface area contributed by atoms with Crippen molar-refractivity contribution in [1.82, 2.24) is 9.97 Å². The number of methoxy groups -OCH3 is 2. The summed E-state index contributed by atoms with van der Waals surface area (Å²) in [4.78, 5) is 23.4. The van der Waals surface area contributed by atoms with Gasteiger partial charge in [0.05, 0.1) is 20.3 Å². The van der Waals surface area contributed by atoms with Crippen molar-refractivity contribution < 1.29 is 19.0 Å². The maximum Gasteiger partial charge on any atom is 0.228 e. The summed E-state index contributed by atoms with van der Waals surface area (Å²) in [5.41, 5.74) is 1.94. The molecule has 1 N–H and O–H groups in total. The van der Waals surface area contributed by atoms with Gasteiger partial charge in [-0.3, -0.25) is 9.69 Å². The van der Waals surface area contributed by atoms with Crippen molar-refractivity contribution in [1.29, 1.82) is 0 Å². The molecule has 0 bridgehead atoms. The van der Waals surface area contributed by atoms with Crippen LogP contribution >= 0.6 is 0 Å². The number of aromatic nitrogens is 2. The molecule has 0 spiro atoms. The van der Waals surface area contributed by atoms with Crippen LogP contribution in [0, 0.1) is 0 Å². The van der Waals surface area contributed by atoms with Crippen molar-refractivity contribution >= 4 is 23.2 Å². The van der Waals surface area contributed by atoms with Gasteiger partial charge in [0.15, 0.2) is 11.5 Å². The zero-order valence-electron chi connectivity index (χ0n) is 20.1. The Morgan fingerprint density at radius 3 is 2.49 bits per heavy atom. The van der Waals surface area contributed by atoms with Gasteiger partial charge in [0.1, 0.15) is 23.7 Å². The smallest absolute Gasteiger partial charge is 0.228 e. The Labute approximate surface area is 205 Å². The average Bonchev–Trinajstić information content (AvgIpc) is 3.54. The Morgan fingerprint density at radius 2 is 1.74 bits per heavy atom. The highest BCUT2D eigenvalue weighted by molar-refractivity contribution is 5.96. The highest BCUT2D eigenvalue weighted by Gasteiger charge is 2.33. The Kier molecular flexibility index (Phi) is 6.70. The van der Waals surface area contributed by atoms with E-state index in [4.69, 9.17) is 14.2 Å². The maximum absolute atomic E-state index is 13.0. The number of benzene rings is 2. The summed E-state index contributed by atoms with van der Waals surface area (Å²) in [5, 5.41) is 3.26. The Bertz CT molecular complexity index is 1180. The Hall–Kier alpha value is -3.81. The lowest BCUT2D eigenvalue weighted by molar-refractivity contribution is -0.117. The molecule has 2 aliphatic rings.